The molecule has 0 aliphatic heterocycles. The number of carbonyl (C=O) groups is 2. The van der Waals surface area contributed by atoms with E-state index in [1.807, 2.05) is 31.2 Å². The Kier molecular flexibility index (Phi) is 9.66. The molecule has 5 nitrogen and oxygen atoms in total. The lowest BCUT2D eigenvalue weighted by molar-refractivity contribution is -0.143. The van der Waals surface area contributed by atoms with Gasteiger partial charge in [0, 0.05) is 22.6 Å². The molecular weight excluding hydrogens is 471 g/mol. The number of halogens is 2. The monoisotopic (exact) mass is 504 g/mol. The van der Waals surface area contributed by atoms with Crippen LogP contribution in [0, 0.1) is 0 Å². The number of hydrogen-bond acceptors (Lipinski definition) is 3. The van der Waals surface area contributed by atoms with Crippen LogP contribution in [0.3, 0.4) is 0 Å². The van der Waals surface area contributed by atoms with E-state index in [0.29, 0.717) is 28.1 Å². The lowest BCUT2D eigenvalue weighted by Gasteiger charge is -2.31. The van der Waals surface area contributed by atoms with E-state index >= 15 is 0 Å². The van der Waals surface area contributed by atoms with Crippen LogP contribution in [0.25, 0.3) is 0 Å². The standard InChI is InChI=1S/C27H34Cl2N2O3/c1-4-25(27(33)30-22-7-5-6-8-22)31(16-20-9-12-21(28)15-24(20)29)26(32)17-34-23-13-10-19(11-14-23)18(2)3/h9-15,18,22,25H,4-8,16-17H2,1-3H3,(H,30,33)/t25-/m0/s1. The zero-order chi connectivity index (χ0) is 24.7. The maximum absolute atomic E-state index is 13.4. The maximum Gasteiger partial charge on any atom is 0.261 e. The van der Waals surface area contributed by atoms with Crippen molar-refractivity contribution in [2.24, 2.45) is 0 Å². The number of hydrogen-bond donors (Lipinski definition) is 1. The maximum atomic E-state index is 13.4. The predicted molar refractivity (Wildman–Crippen MR) is 138 cm³/mol. The van der Waals surface area contributed by atoms with Gasteiger partial charge >= 0.3 is 0 Å². The van der Waals surface area contributed by atoms with Gasteiger partial charge in [-0.05, 0) is 60.6 Å². The second-order valence-electron chi connectivity index (χ2n) is 9.18. The first kappa shape index (κ1) is 26.4. The minimum absolute atomic E-state index is 0.130. The zero-order valence-corrected chi connectivity index (χ0v) is 21.7. The summed E-state index contributed by atoms with van der Waals surface area (Å²) in [7, 11) is 0. The molecule has 0 bridgehead atoms. The van der Waals surface area contributed by atoms with Crippen LogP contribution in [0.4, 0.5) is 0 Å². The molecule has 1 aliphatic carbocycles. The summed E-state index contributed by atoms with van der Waals surface area (Å²) < 4.78 is 5.80. The van der Waals surface area contributed by atoms with Gasteiger partial charge in [0.2, 0.25) is 5.91 Å². The topological polar surface area (TPSA) is 58.6 Å². The number of nitrogens with zero attached hydrogens (tertiary/aromatic N) is 1. The Morgan fingerprint density at radius 3 is 2.35 bits per heavy atom. The second kappa shape index (κ2) is 12.5. The number of ether oxygens (including phenoxy) is 1. The van der Waals surface area contributed by atoms with E-state index in [0.717, 1.165) is 31.2 Å². The van der Waals surface area contributed by atoms with Gasteiger partial charge in [0.25, 0.3) is 5.91 Å². The van der Waals surface area contributed by atoms with Crippen LogP contribution in [0.5, 0.6) is 5.75 Å². The first-order valence-corrected chi connectivity index (χ1v) is 12.8. The smallest absolute Gasteiger partial charge is 0.261 e. The molecule has 7 heteroatoms. The SMILES string of the molecule is CC[C@@H](C(=O)NC1CCCC1)N(Cc1ccc(Cl)cc1Cl)C(=O)COc1ccc(C(C)C)cc1. The third-order valence-corrected chi connectivity index (χ3v) is 6.94. The van der Waals surface area contributed by atoms with Crippen molar-refractivity contribution in [1.82, 2.24) is 10.2 Å². The van der Waals surface area contributed by atoms with Crippen molar-refractivity contribution < 1.29 is 14.3 Å². The van der Waals surface area contributed by atoms with E-state index in [2.05, 4.69) is 19.2 Å². The molecule has 0 saturated heterocycles. The molecule has 0 heterocycles. The normalized spacial score (nSPS) is 14.8. The van der Waals surface area contributed by atoms with Crippen LogP contribution >= 0.6 is 23.2 Å². The highest BCUT2D eigenvalue weighted by molar-refractivity contribution is 6.35. The third-order valence-electron chi connectivity index (χ3n) is 6.35. The van der Waals surface area contributed by atoms with Crippen LogP contribution in [0.1, 0.15) is 69.9 Å². The summed E-state index contributed by atoms with van der Waals surface area (Å²) in [5, 5.41) is 4.12. The van der Waals surface area contributed by atoms with Crippen LogP contribution in [-0.2, 0) is 16.1 Å². The first-order chi connectivity index (χ1) is 16.3. The second-order valence-corrected chi connectivity index (χ2v) is 10.0. The Bertz CT molecular complexity index is 972. The van der Waals surface area contributed by atoms with E-state index in [1.54, 1.807) is 23.1 Å². The number of amides is 2. The van der Waals surface area contributed by atoms with Crippen molar-refractivity contribution in [3.8, 4) is 5.75 Å². The van der Waals surface area contributed by atoms with Gasteiger partial charge in [-0.15, -0.1) is 0 Å². The summed E-state index contributed by atoms with van der Waals surface area (Å²) in [5.41, 5.74) is 1.93. The molecule has 0 unspecified atom stereocenters. The molecule has 1 saturated carbocycles. The Labute approximate surface area is 212 Å². The molecule has 1 N–H and O–H groups in total. The van der Waals surface area contributed by atoms with Crippen molar-refractivity contribution in [2.75, 3.05) is 6.61 Å². The van der Waals surface area contributed by atoms with Gasteiger partial charge in [0.1, 0.15) is 11.8 Å². The van der Waals surface area contributed by atoms with E-state index in [9.17, 15) is 9.59 Å². The summed E-state index contributed by atoms with van der Waals surface area (Å²) in [6.45, 7) is 6.19. The van der Waals surface area contributed by atoms with E-state index in [1.165, 1.54) is 5.56 Å². The molecule has 0 aromatic heterocycles. The van der Waals surface area contributed by atoms with Crippen molar-refractivity contribution >= 4 is 35.0 Å². The highest BCUT2D eigenvalue weighted by Gasteiger charge is 2.31. The molecule has 2 aromatic carbocycles. The fraction of sp³-hybridized carbons (Fsp3) is 0.481. The molecular formula is C27H34Cl2N2O3. The summed E-state index contributed by atoms with van der Waals surface area (Å²) in [4.78, 5) is 28.1. The van der Waals surface area contributed by atoms with Gasteiger partial charge in [0.05, 0.1) is 0 Å². The van der Waals surface area contributed by atoms with Gasteiger partial charge < -0.3 is 15.0 Å². The van der Waals surface area contributed by atoms with Gasteiger partial charge in [-0.2, -0.15) is 0 Å². The molecule has 1 atom stereocenters. The summed E-state index contributed by atoms with van der Waals surface area (Å²) in [5.74, 6) is 0.631. The zero-order valence-electron chi connectivity index (χ0n) is 20.2. The molecule has 3 rings (SSSR count). The van der Waals surface area contributed by atoms with E-state index < -0.39 is 6.04 Å². The molecule has 0 spiro atoms. The van der Waals surface area contributed by atoms with Gasteiger partial charge in [-0.1, -0.05) is 75.0 Å². The Balaban J connectivity index is 1.77. The van der Waals surface area contributed by atoms with E-state index in [-0.39, 0.29) is 31.0 Å². The van der Waals surface area contributed by atoms with Crippen molar-refractivity contribution in [3.63, 3.8) is 0 Å². The number of benzene rings is 2. The van der Waals surface area contributed by atoms with Gasteiger partial charge in [-0.25, -0.2) is 0 Å². The van der Waals surface area contributed by atoms with Gasteiger partial charge in [0.15, 0.2) is 6.61 Å². The van der Waals surface area contributed by atoms with Crippen LogP contribution in [0.15, 0.2) is 42.5 Å². The molecule has 34 heavy (non-hydrogen) atoms. The Morgan fingerprint density at radius 2 is 1.76 bits per heavy atom. The highest BCUT2D eigenvalue weighted by atomic mass is 35.5. The molecule has 0 radical (unpaired) electrons. The Morgan fingerprint density at radius 1 is 1.09 bits per heavy atom. The summed E-state index contributed by atoms with van der Waals surface area (Å²) in [6.07, 6.45) is 4.68. The van der Waals surface area contributed by atoms with Crippen molar-refractivity contribution in [2.45, 2.75) is 77.4 Å². The largest absolute Gasteiger partial charge is 0.484 e. The molecule has 1 fully saturated rings. The van der Waals surface area contributed by atoms with Crippen molar-refractivity contribution in [3.05, 3.63) is 63.6 Å². The quantitative estimate of drug-likeness (QED) is 0.409. The highest BCUT2D eigenvalue weighted by Crippen LogP contribution is 2.25. The van der Waals surface area contributed by atoms with Crippen LogP contribution < -0.4 is 10.1 Å². The third kappa shape index (κ3) is 7.13. The fourth-order valence-electron chi connectivity index (χ4n) is 4.30. The first-order valence-electron chi connectivity index (χ1n) is 12.0. The minimum atomic E-state index is -0.619. The average molecular weight is 505 g/mol. The lowest BCUT2D eigenvalue weighted by Crippen LogP contribution is -2.52. The van der Waals surface area contributed by atoms with Crippen LogP contribution in [0.2, 0.25) is 10.0 Å². The number of nitrogens with one attached hydrogen (secondary N) is 1. The predicted octanol–water partition coefficient (Wildman–Crippen LogP) is 6.36. The average Bonchev–Trinajstić information content (AvgIpc) is 3.32. The van der Waals surface area contributed by atoms with E-state index in [4.69, 9.17) is 27.9 Å². The fourth-order valence-corrected chi connectivity index (χ4v) is 4.77. The molecule has 184 valence electrons. The number of rotatable bonds is 10. The molecule has 1 aliphatic rings. The lowest BCUT2D eigenvalue weighted by atomic mass is 10.0. The summed E-state index contributed by atoms with van der Waals surface area (Å²) >= 11 is 12.5. The molecule has 2 amide bonds. The van der Waals surface area contributed by atoms with Gasteiger partial charge in [-0.3, -0.25) is 9.59 Å². The van der Waals surface area contributed by atoms with Crippen LogP contribution in [-0.4, -0.2) is 35.4 Å². The summed E-state index contributed by atoms with van der Waals surface area (Å²) in [6, 6.07) is 12.5. The Hall–Kier alpha value is -2.24. The van der Waals surface area contributed by atoms with Crippen molar-refractivity contribution in [1.29, 1.82) is 0 Å². The minimum Gasteiger partial charge on any atom is -0.484 e. The number of carbonyl (C=O) groups excluding carboxylic acids is 2. The molecule has 2 aromatic rings.